The van der Waals surface area contributed by atoms with E-state index in [0.29, 0.717) is 19.8 Å². The lowest BCUT2D eigenvalue weighted by molar-refractivity contribution is 0.137. The molecule has 1 aromatic heterocycles. The molecule has 0 fully saturated rings. The Labute approximate surface area is 93.3 Å². The van der Waals surface area contributed by atoms with Crippen molar-refractivity contribution >= 4 is 0 Å². The van der Waals surface area contributed by atoms with E-state index in [9.17, 15) is 9.59 Å². The van der Waals surface area contributed by atoms with Gasteiger partial charge in [0, 0.05) is 32.0 Å². The molecule has 90 valence electrons. The largest absolute Gasteiger partial charge is 0.380 e. The number of hydrogen-bond acceptors (Lipinski definition) is 4. The number of hydrogen-bond donors (Lipinski definition) is 1. The van der Waals surface area contributed by atoms with E-state index in [1.165, 1.54) is 16.8 Å². The van der Waals surface area contributed by atoms with Gasteiger partial charge in [-0.2, -0.15) is 0 Å². The van der Waals surface area contributed by atoms with E-state index in [2.05, 4.69) is 0 Å². The van der Waals surface area contributed by atoms with Gasteiger partial charge >= 0.3 is 5.69 Å². The van der Waals surface area contributed by atoms with Gasteiger partial charge in [0.05, 0.1) is 13.2 Å². The molecular weight excluding hydrogens is 210 g/mol. The second-order valence-corrected chi connectivity index (χ2v) is 3.27. The average Bonchev–Trinajstić information content (AvgIpc) is 2.28. The molecule has 0 atom stereocenters. The van der Waals surface area contributed by atoms with Crippen LogP contribution in [0.5, 0.6) is 0 Å². The van der Waals surface area contributed by atoms with Crippen LogP contribution >= 0.6 is 0 Å². The van der Waals surface area contributed by atoms with Gasteiger partial charge in [-0.25, -0.2) is 4.79 Å². The zero-order valence-electron chi connectivity index (χ0n) is 9.39. The van der Waals surface area contributed by atoms with Crippen LogP contribution in [0.1, 0.15) is 6.92 Å². The van der Waals surface area contributed by atoms with Gasteiger partial charge in [0.2, 0.25) is 0 Å². The highest BCUT2D eigenvalue weighted by atomic mass is 16.5. The van der Waals surface area contributed by atoms with Crippen molar-refractivity contribution in [3.63, 3.8) is 0 Å². The van der Waals surface area contributed by atoms with Gasteiger partial charge in [0.1, 0.15) is 0 Å². The highest BCUT2D eigenvalue weighted by molar-refractivity contribution is 4.86. The molecular formula is C10H17N3O3. The van der Waals surface area contributed by atoms with E-state index in [0.717, 1.165) is 4.57 Å². The van der Waals surface area contributed by atoms with Crippen molar-refractivity contribution in [1.82, 2.24) is 9.13 Å². The molecule has 16 heavy (non-hydrogen) atoms. The summed E-state index contributed by atoms with van der Waals surface area (Å²) < 4.78 is 7.73. The molecule has 0 spiro atoms. The molecule has 0 saturated carbocycles. The molecule has 0 aliphatic rings. The molecule has 0 aliphatic carbocycles. The summed E-state index contributed by atoms with van der Waals surface area (Å²) in [6.07, 6.45) is 1.48. The summed E-state index contributed by atoms with van der Waals surface area (Å²) in [6.45, 7) is 3.90. The first-order valence-electron chi connectivity index (χ1n) is 5.28. The van der Waals surface area contributed by atoms with E-state index in [1.807, 2.05) is 6.92 Å². The normalized spacial score (nSPS) is 10.6. The maximum absolute atomic E-state index is 11.8. The number of ether oxygens (including phenoxy) is 1. The Hall–Kier alpha value is -1.40. The summed E-state index contributed by atoms with van der Waals surface area (Å²) in [5.74, 6) is 0. The molecule has 1 heterocycles. The minimum absolute atomic E-state index is 0.243. The van der Waals surface area contributed by atoms with Crippen LogP contribution in [0.4, 0.5) is 0 Å². The maximum Gasteiger partial charge on any atom is 0.331 e. The van der Waals surface area contributed by atoms with E-state index in [-0.39, 0.29) is 24.3 Å². The van der Waals surface area contributed by atoms with Crippen molar-refractivity contribution in [3.05, 3.63) is 33.1 Å². The van der Waals surface area contributed by atoms with E-state index in [1.54, 1.807) is 0 Å². The molecule has 1 rings (SSSR count). The summed E-state index contributed by atoms with van der Waals surface area (Å²) in [5.41, 5.74) is 4.69. The van der Waals surface area contributed by atoms with Gasteiger partial charge in [0.15, 0.2) is 0 Å². The fourth-order valence-electron chi connectivity index (χ4n) is 1.37. The summed E-state index contributed by atoms with van der Waals surface area (Å²) in [7, 11) is 0. The lowest BCUT2D eigenvalue weighted by atomic mass is 10.5. The van der Waals surface area contributed by atoms with Crippen LogP contribution in [0.3, 0.4) is 0 Å². The quantitative estimate of drug-likeness (QED) is 0.632. The Kier molecular flexibility index (Phi) is 4.94. The van der Waals surface area contributed by atoms with Crippen molar-refractivity contribution < 1.29 is 4.74 Å². The van der Waals surface area contributed by atoms with Crippen molar-refractivity contribution in [2.75, 3.05) is 19.8 Å². The molecule has 0 amide bonds. The smallest absolute Gasteiger partial charge is 0.331 e. The second kappa shape index (κ2) is 6.24. The first-order chi connectivity index (χ1) is 7.70. The Bertz CT molecular complexity index is 436. The van der Waals surface area contributed by atoms with Crippen LogP contribution in [0, 0.1) is 0 Å². The molecule has 0 saturated heterocycles. The minimum Gasteiger partial charge on any atom is -0.380 e. The predicted octanol–water partition coefficient (Wildman–Crippen LogP) is -0.995. The van der Waals surface area contributed by atoms with E-state index < -0.39 is 0 Å². The standard InChI is InChI=1S/C10H17N3O3/c1-2-16-8-7-12-5-3-9(14)13(6-4-11)10(12)15/h3,5H,2,4,6-8,11H2,1H3. The van der Waals surface area contributed by atoms with Crippen LogP contribution in [0.25, 0.3) is 0 Å². The van der Waals surface area contributed by atoms with Gasteiger partial charge in [-0.1, -0.05) is 0 Å². The summed E-state index contributed by atoms with van der Waals surface area (Å²) >= 11 is 0. The monoisotopic (exact) mass is 227 g/mol. The van der Waals surface area contributed by atoms with Gasteiger partial charge in [0.25, 0.3) is 5.56 Å². The molecule has 1 aromatic rings. The number of aromatic nitrogens is 2. The molecule has 0 aliphatic heterocycles. The average molecular weight is 227 g/mol. The molecule has 6 heteroatoms. The minimum atomic E-state index is -0.336. The first-order valence-corrected chi connectivity index (χ1v) is 5.28. The molecule has 6 nitrogen and oxygen atoms in total. The molecule has 0 radical (unpaired) electrons. The predicted molar refractivity (Wildman–Crippen MR) is 60.5 cm³/mol. The fourth-order valence-corrected chi connectivity index (χ4v) is 1.37. The van der Waals surface area contributed by atoms with Crippen LogP contribution in [0.2, 0.25) is 0 Å². The SMILES string of the molecule is CCOCCn1ccc(=O)n(CCN)c1=O. The third kappa shape index (κ3) is 3.04. The van der Waals surface area contributed by atoms with E-state index >= 15 is 0 Å². The lowest BCUT2D eigenvalue weighted by Crippen LogP contribution is -2.41. The molecule has 0 bridgehead atoms. The molecule has 0 unspecified atom stereocenters. The van der Waals surface area contributed by atoms with Crippen LogP contribution in [0.15, 0.2) is 21.9 Å². The molecule has 2 N–H and O–H groups in total. The van der Waals surface area contributed by atoms with Gasteiger partial charge < -0.3 is 10.5 Å². The Morgan fingerprint density at radius 3 is 2.75 bits per heavy atom. The lowest BCUT2D eigenvalue weighted by Gasteiger charge is -2.08. The summed E-state index contributed by atoms with van der Waals surface area (Å²) in [6, 6.07) is 1.36. The van der Waals surface area contributed by atoms with Crippen LogP contribution in [-0.2, 0) is 17.8 Å². The summed E-state index contributed by atoms with van der Waals surface area (Å²) in [5, 5.41) is 0. The van der Waals surface area contributed by atoms with Crippen LogP contribution < -0.4 is 17.0 Å². The Morgan fingerprint density at radius 1 is 1.38 bits per heavy atom. The number of nitrogens with zero attached hydrogens (tertiary/aromatic N) is 2. The number of nitrogens with two attached hydrogens (primary N) is 1. The fraction of sp³-hybridized carbons (Fsp3) is 0.600. The second-order valence-electron chi connectivity index (χ2n) is 3.27. The van der Waals surface area contributed by atoms with Crippen molar-refractivity contribution in [3.8, 4) is 0 Å². The van der Waals surface area contributed by atoms with Crippen molar-refractivity contribution in [2.24, 2.45) is 5.73 Å². The highest BCUT2D eigenvalue weighted by Crippen LogP contribution is 1.82. The van der Waals surface area contributed by atoms with E-state index in [4.69, 9.17) is 10.5 Å². The van der Waals surface area contributed by atoms with Gasteiger partial charge in [-0.3, -0.25) is 13.9 Å². The maximum atomic E-state index is 11.8. The zero-order valence-corrected chi connectivity index (χ0v) is 9.39. The van der Waals surface area contributed by atoms with Gasteiger partial charge in [-0.05, 0) is 6.92 Å². The third-order valence-electron chi connectivity index (χ3n) is 2.17. The number of rotatable bonds is 6. The third-order valence-corrected chi connectivity index (χ3v) is 2.17. The Morgan fingerprint density at radius 2 is 2.12 bits per heavy atom. The zero-order chi connectivity index (χ0) is 12.0. The Balaban J connectivity index is 2.90. The molecule has 0 aromatic carbocycles. The first kappa shape index (κ1) is 12.7. The summed E-state index contributed by atoms with van der Waals surface area (Å²) in [4.78, 5) is 23.2. The highest BCUT2D eigenvalue weighted by Gasteiger charge is 2.03. The van der Waals surface area contributed by atoms with Crippen LogP contribution in [-0.4, -0.2) is 28.9 Å². The van der Waals surface area contributed by atoms with Crippen molar-refractivity contribution in [1.29, 1.82) is 0 Å². The topological polar surface area (TPSA) is 79.2 Å². The van der Waals surface area contributed by atoms with Gasteiger partial charge in [-0.15, -0.1) is 0 Å². The van der Waals surface area contributed by atoms with Crippen molar-refractivity contribution in [2.45, 2.75) is 20.0 Å².